The van der Waals surface area contributed by atoms with Crippen LogP contribution in [0.3, 0.4) is 0 Å². The van der Waals surface area contributed by atoms with Gasteiger partial charge < -0.3 is 10.2 Å². The predicted octanol–water partition coefficient (Wildman–Crippen LogP) is 1.20. The highest BCUT2D eigenvalue weighted by atomic mass is 19.4. The van der Waals surface area contributed by atoms with Crippen LogP contribution in [0.5, 0.6) is 0 Å². The van der Waals surface area contributed by atoms with Gasteiger partial charge in [0.2, 0.25) is 5.82 Å². The van der Waals surface area contributed by atoms with Crippen LogP contribution in [0, 0.1) is 0 Å². The molecule has 2 atom stereocenters. The van der Waals surface area contributed by atoms with Crippen molar-refractivity contribution in [3.8, 4) is 0 Å². The van der Waals surface area contributed by atoms with E-state index in [-0.39, 0.29) is 5.56 Å². The molecule has 0 aliphatic rings. The number of azide groups is 1. The highest BCUT2D eigenvalue weighted by molar-refractivity contribution is 5.11. The van der Waals surface area contributed by atoms with Gasteiger partial charge in [0.1, 0.15) is 6.10 Å². The Hall–Kier alpha value is -1.90. The van der Waals surface area contributed by atoms with Gasteiger partial charge >= 0.3 is 6.18 Å². The zero-order valence-corrected chi connectivity index (χ0v) is 8.78. The summed E-state index contributed by atoms with van der Waals surface area (Å²) in [7, 11) is 0. The summed E-state index contributed by atoms with van der Waals surface area (Å²) in [4.78, 5) is 8.42. The standard InChI is InChI=1S/C8H8F3N5O2/c9-8(10,11)7-13-1-4(2-14-7)6(18)5(17)3-15-16-12/h1-2,5-6,17-18H,3H2. The van der Waals surface area contributed by atoms with Crippen molar-refractivity contribution in [3.63, 3.8) is 0 Å². The molecule has 18 heavy (non-hydrogen) atoms. The molecule has 0 aliphatic heterocycles. The Labute approximate surface area is 98.5 Å². The normalized spacial score (nSPS) is 14.7. The molecular formula is C8H8F3N5O2. The monoisotopic (exact) mass is 263 g/mol. The number of hydrogen-bond donors (Lipinski definition) is 2. The van der Waals surface area contributed by atoms with Gasteiger partial charge in [0, 0.05) is 22.9 Å². The molecule has 1 heterocycles. The first kappa shape index (κ1) is 14.2. The minimum Gasteiger partial charge on any atom is -0.390 e. The molecule has 1 aromatic heterocycles. The first-order chi connectivity index (χ1) is 8.36. The van der Waals surface area contributed by atoms with Gasteiger partial charge in [-0.1, -0.05) is 5.11 Å². The van der Waals surface area contributed by atoms with Crippen molar-refractivity contribution in [3.05, 3.63) is 34.2 Å². The lowest BCUT2D eigenvalue weighted by Gasteiger charge is -2.15. The van der Waals surface area contributed by atoms with E-state index in [9.17, 15) is 23.4 Å². The molecule has 0 radical (unpaired) electrons. The summed E-state index contributed by atoms with van der Waals surface area (Å²) in [6.45, 7) is -0.418. The zero-order valence-electron chi connectivity index (χ0n) is 8.78. The molecule has 1 rings (SSSR count). The third kappa shape index (κ3) is 3.55. The second kappa shape index (κ2) is 5.63. The maximum absolute atomic E-state index is 12.2. The highest BCUT2D eigenvalue weighted by Crippen LogP contribution is 2.26. The molecule has 0 aliphatic carbocycles. The van der Waals surface area contributed by atoms with Crippen molar-refractivity contribution in [1.29, 1.82) is 0 Å². The molecule has 10 heteroatoms. The van der Waals surface area contributed by atoms with Gasteiger partial charge in [0.25, 0.3) is 0 Å². The van der Waals surface area contributed by atoms with Crippen LogP contribution >= 0.6 is 0 Å². The van der Waals surface area contributed by atoms with E-state index in [1.807, 2.05) is 0 Å². The van der Waals surface area contributed by atoms with Crippen LogP contribution in [-0.2, 0) is 6.18 Å². The number of rotatable bonds is 4. The molecule has 0 fully saturated rings. The fourth-order valence-corrected chi connectivity index (χ4v) is 1.08. The minimum atomic E-state index is -4.67. The summed E-state index contributed by atoms with van der Waals surface area (Å²) in [5, 5.41) is 21.9. The third-order valence-corrected chi connectivity index (χ3v) is 1.96. The first-order valence-electron chi connectivity index (χ1n) is 4.62. The fraction of sp³-hybridized carbons (Fsp3) is 0.500. The van der Waals surface area contributed by atoms with E-state index in [1.54, 1.807) is 0 Å². The van der Waals surface area contributed by atoms with Gasteiger partial charge in [-0.05, 0) is 5.53 Å². The van der Waals surface area contributed by atoms with Crippen molar-refractivity contribution >= 4 is 0 Å². The van der Waals surface area contributed by atoms with E-state index in [4.69, 9.17) is 5.53 Å². The summed E-state index contributed by atoms with van der Waals surface area (Å²) in [5.41, 5.74) is 7.90. The molecule has 0 spiro atoms. The third-order valence-electron chi connectivity index (χ3n) is 1.96. The lowest BCUT2D eigenvalue weighted by molar-refractivity contribution is -0.145. The lowest BCUT2D eigenvalue weighted by atomic mass is 10.1. The van der Waals surface area contributed by atoms with Crippen molar-refractivity contribution in [2.75, 3.05) is 6.54 Å². The maximum atomic E-state index is 12.2. The minimum absolute atomic E-state index is 0.108. The molecule has 0 aromatic carbocycles. The van der Waals surface area contributed by atoms with Crippen molar-refractivity contribution in [2.45, 2.75) is 18.4 Å². The molecule has 7 nitrogen and oxygen atoms in total. The molecular weight excluding hydrogens is 255 g/mol. The highest BCUT2D eigenvalue weighted by Gasteiger charge is 2.34. The summed E-state index contributed by atoms with van der Waals surface area (Å²) in [6, 6.07) is 0. The van der Waals surface area contributed by atoms with Crippen molar-refractivity contribution in [1.82, 2.24) is 9.97 Å². The summed E-state index contributed by atoms with van der Waals surface area (Å²) >= 11 is 0. The van der Waals surface area contributed by atoms with E-state index in [0.717, 1.165) is 12.4 Å². The smallest absolute Gasteiger partial charge is 0.390 e. The molecule has 0 bridgehead atoms. The molecule has 0 saturated carbocycles. The molecule has 1 aromatic rings. The van der Waals surface area contributed by atoms with Crippen LogP contribution in [0.4, 0.5) is 13.2 Å². The Morgan fingerprint density at radius 2 is 1.89 bits per heavy atom. The van der Waals surface area contributed by atoms with Gasteiger partial charge in [-0.3, -0.25) is 0 Å². The second-order valence-corrected chi connectivity index (χ2v) is 3.26. The summed E-state index contributed by atoms with van der Waals surface area (Å²) < 4.78 is 36.5. The van der Waals surface area contributed by atoms with E-state index in [2.05, 4.69) is 20.0 Å². The van der Waals surface area contributed by atoms with Crippen LogP contribution in [0.1, 0.15) is 17.5 Å². The number of aromatic nitrogens is 2. The maximum Gasteiger partial charge on any atom is 0.451 e. The van der Waals surface area contributed by atoms with E-state index in [0.29, 0.717) is 0 Å². The summed E-state index contributed by atoms with van der Waals surface area (Å²) in [6.07, 6.45) is -6.15. The Morgan fingerprint density at radius 3 is 2.33 bits per heavy atom. The van der Waals surface area contributed by atoms with Crippen LogP contribution in [0.2, 0.25) is 0 Å². The average Bonchev–Trinajstić information content (AvgIpc) is 2.34. The number of nitrogens with zero attached hydrogens (tertiary/aromatic N) is 5. The van der Waals surface area contributed by atoms with Crippen LogP contribution in [-0.4, -0.2) is 32.8 Å². The zero-order chi connectivity index (χ0) is 13.8. The van der Waals surface area contributed by atoms with Gasteiger partial charge in [0.15, 0.2) is 0 Å². The number of aliphatic hydroxyl groups is 2. The van der Waals surface area contributed by atoms with Crippen LogP contribution < -0.4 is 0 Å². The molecule has 2 unspecified atom stereocenters. The predicted molar refractivity (Wildman–Crippen MR) is 52.0 cm³/mol. The number of hydrogen-bond acceptors (Lipinski definition) is 5. The van der Waals surface area contributed by atoms with Gasteiger partial charge in [0.05, 0.1) is 12.6 Å². The largest absolute Gasteiger partial charge is 0.451 e. The number of halogens is 3. The molecule has 0 amide bonds. The van der Waals surface area contributed by atoms with Gasteiger partial charge in [-0.15, -0.1) is 0 Å². The Bertz CT molecular complexity index is 443. The fourth-order valence-electron chi connectivity index (χ4n) is 1.08. The topological polar surface area (TPSA) is 115 Å². The van der Waals surface area contributed by atoms with Gasteiger partial charge in [-0.2, -0.15) is 13.2 Å². The van der Waals surface area contributed by atoms with E-state index < -0.39 is 30.8 Å². The van der Waals surface area contributed by atoms with Crippen LogP contribution in [0.15, 0.2) is 17.5 Å². The number of aliphatic hydroxyl groups excluding tert-OH is 2. The molecule has 0 saturated heterocycles. The Morgan fingerprint density at radius 1 is 1.33 bits per heavy atom. The van der Waals surface area contributed by atoms with E-state index >= 15 is 0 Å². The average molecular weight is 263 g/mol. The molecule has 2 N–H and O–H groups in total. The number of alkyl halides is 3. The van der Waals surface area contributed by atoms with Crippen molar-refractivity contribution < 1.29 is 23.4 Å². The quantitative estimate of drug-likeness (QED) is 0.482. The SMILES string of the molecule is [N-]=[N+]=NCC(O)C(O)c1cnc(C(F)(F)F)nc1. The van der Waals surface area contributed by atoms with Crippen molar-refractivity contribution in [2.24, 2.45) is 5.11 Å². The second-order valence-electron chi connectivity index (χ2n) is 3.26. The van der Waals surface area contributed by atoms with Gasteiger partial charge in [-0.25, -0.2) is 9.97 Å². The summed E-state index contributed by atoms with van der Waals surface area (Å²) in [5.74, 6) is -1.34. The Balaban J connectivity index is 2.81. The Kier molecular flexibility index (Phi) is 4.43. The van der Waals surface area contributed by atoms with Crippen LogP contribution in [0.25, 0.3) is 10.4 Å². The van der Waals surface area contributed by atoms with E-state index in [1.165, 1.54) is 0 Å². The lowest BCUT2D eigenvalue weighted by Crippen LogP contribution is -2.22. The first-order valence-corrected chi connectivity index (χ1v) is 4.62. The molecule has 98 valence electrons.